The first-order chi connectivity index (χ1) is 15.0. The molecule has 31 heavy (non-hydrogen) atoms. The Hall–Kier alpha value is -1.67. The molecule has 0 heterocycles. The first-order valence-electron chi connectivity index (χ1n) is 11.5. The number of carbonyl (C=O) groups is 1. The number of methoxy groups -OCH3 is 1. The lowest BCUT2D eigenvalue weighted by Crippen LogP contribution is -2.52. The van der Waals surface area contributed by atoms with E-state index in [1.54, 1.807) is 7.11 Å². The van der Waals surface area contributed by atoms with E-state index in [0.29, 0.717) is 51.2 Å². The second-order valence-electron chi connectivity index (χ2n) is 8.86. The molecule has 1 aromatic carbocycles. The van der Waals surface area contributed by atoms with Gasteiger partial charge in [-0.3, -0.25) is 0 Å². The smallest absolute Gasteiger partial charge is 0.410 e. The van der Waals surface area contributed by atoms with Gasteiger partial charge >= 0.3 is 6.09 Å². The van der Waals surface area contributed by atoms with Crippen molar-refractivity contribution in [1.82, 2.24) is 5.32 Å². The van der Waals surface area contributed by atoms with Gasteiger partial charge in [0.05, 0.1) is 33.0 Å². The number of ether oxygens (including phenoxy) is 4. The summed E-state index contributed by atoms with van der Waals surface area (Å²) in [5.41, 5.74) is 9.28. The lowest BCUT2D eigenvalue weighted by Gasteiger charge is -2.47. The number of hydrogen-bond donors (Lipinski definition) is 2. The normalized spacial score (nSPS) is 25.3. The number of benzene rings is 1. The fraction of sp³-hybridized carbons (Fsp3) is 0.708. The topological polar surface area (TPSA) is 92.0 Å². The summed E-state index contributed by atoms with van der Waals surface area (Å²) >= 11 is 0. The third kappa shape index (κ3) is 6.42. The number of rotatable bonds is 10. The first-order valence-corrected chi connectivity index (χ1v) is 11.5. The predicted octanol–water partition coefficient (Wildman–Crippen LogP) is 3.18. The third-order valence-corrected chi connectivity index (χ3v) is 6.72. The zero-order valence-electron chi connectivity index (χ0n) is 19.0. The average molecular weight is 435 g/mol. The van der Waals surface area contributed by atoms with Gasteiger partial charge in [-0.05, 0) is 48.4 Å². The van der Waals surface area contributed by atoms with Gasteiger partial charge in [0.15, 0.2) is 0 Å². The van der Waals surface area contributed by atoms with Gasteiger partial charge in [-0.2, -0.15) is 0 Å². The predicted molar refractivity (Wildman–Crippen MR) is 120 cm³/mol. The zero-order chi connectivity index (χ0) is 22.1. The minimum absolute atomic E-state index is 0.0618. The highest BCUT2D eigenvalue weighted by Gasteiger charge is 2.43. The lowest BCUT2D eigenvalue weighted by atomic mass is 9.60. The van der Waals surface area contributed by atoms with E-state index >= 15 is 0 Å². The summed E-state index contributed by atoms with van der Waals surface area (Å²) in [5, 5.41) is 2.73. The molecule has 1 saturated carbocycles. The number of carbonyl (C=O) groups excluding carboxylic acids is 1. The van der Waals surface area contributed by atoms with E-state index in [-0.39, 0.29) is 11.5 Å². The van der Waals surface area contributed by atoms with E-state index < -0.39 is 6.09 Å². The second kappa shape index (κ2) is 11.8. The maximum Gasteiger partial charge on any atom is 0.412 e. The fourth-order valence-electron chi connectivity index (χ4n) is 4.93. The van der Waals surface area contributed by atoms with Crippen LogP contribution in [0.15, 0.2) is 18.2 Å². The standard InChI is InChI=1S/C24H38N2O5/c1-24-9-5-3-4-6-19(22(24)25)16-18-7-8-20(17-21(18)24)31-23(27)26-10-11-29-14-15-30-13-12-28-2/h7-8,17,19,22H,3-6,9-16,25H2,1-2H3,(H,26,27)/t19?,22-,24+/m0/s1. The van der Waals surface area contributed by atoms with Gasteiger partial charge < -0.3 is 30.0 Å². The quantitative estimate of drug-likeness (QED) is 0.550. The van der Waals surface area contributed by atoms with Crippen molar-refractivity contribution in [3.05, 3.63) is 29.3 Å². The summed E-state index contributed by atoms with van der Waals surface area (Å²) in [6, 6.07) is 6.19. The molecular formula is C24H38N2O5. The Morgan fingerprint density at radius 3 is 2.71 bits per heavy atom. The third-order valence-electron chi connectivity index (χ3n) is 6.72. The number of amides is 1. The molecule has 0 spiro atoms. The molecule has 2 aliphatic rings. The van der Waals surface area contributed by atoms with Crippen molar-refractivity contribution in [2.75, 3.05) is 46.7 Å². The Labute approximate surface area is 185 Å². The van der Waals surface area contributed by atoms with Crippen LogP contribution in [0.3, 0.4) is 0 Å². The first kappa shape index (κ1) is 24.0. The van der Waals surface area contributed by atoms with Crippen LogP contribution in [0.5, 0.6) is 5.75 Å². The number of nitrogens with two attached hydrogens (primary N) is 1. The van der Waals surface area contributed by atoms with E-state index in [9.17, 15) is 4.79 Å². The van der Waals surface area contributed by atoms with Crippen molar-refractivity contribution in [2.24, 2.45) is 11.7 Å². The molecule has 1 fully saturated rings. The highest BCUT2D eigenvalue weighted by molar-refractivity contribution is 5.70. The van der Waals surface area contributed by atoms with Crippen LogP contribution in [0.1, 0.15) is 50.2 Å². The number of fused-ring (bicyclic) bond motifs is 4. The molecule has 0 saturated heterocycles. The molecule has 3 rings (SSSR count). The molecule has 0 aromatic heterocycles. The van der Waals surface area contributed by atoms with E-state index in [4.69, 9.17) is 24.7 Å². The molecule has 2 bridgehead atoms. The highest BCUT2D eigenvalue weighted by atomic mass is 16.6. The molecule has 174 valence electrons. The Morgan fingerprint density at radius 2 is 1.90 bits per heavy atom. The van der Waals surface area contributed by atoms with E-state index in [2.05, 4.69) is 18.3 Å². The van der Waals surface area contributed by atoms with Crippen molar-refractivity contribution in [3.8, 4) is 5.75 Å². The second-order valence-corrected chi connectivity index (χ2v) is 8.86. The molecule has 1 unspecified atom stereocenters. The molecule has 7 heteroatoms. The van der Waals surface area contributed by atoms with Gasteiger partial charge in [-0.15, -0.1) is 0 Å². The molecule has 0 aliphatic heterocycles. The molecule has 1 amide bonds. The van der Waals surface area contributed by atoms with Gasteiger partial charge in [0.25, 0.3) is 0 Å². The average Bonchev–Trinajstić information content (AvgIpc) is 2.76. The Kier molecular flexibility index (Phi) is 9.14. The largest absolute Gasteiger partial charge is 0.412 e. The minimum atomic E-state index is -0.472. The van der Waals surface area contributed by atoms with Crippen molar-refractivity contribution >= 4 is 6.09 Å². The highest BCUT2D eigenvalue weighted by Crippen LogP contribution is 2.46. The summed E-state index contributed by atoms with van der Waals surface area (Å²) in [7, 11) is 1.64. The number of hydrogen-bond acceptors (Lipinski definition) is 6. The Morgan fingerprint density at radius 1 is 1.13 bits per heavy atom. The van der Waals surface area contributed by atoms with Gasteiger partial charge in [0.1, 0.15) is 5.75 Å². The van der Waals surface area contributed by atoms with Crippen molar-refractivity contribution in [3.63, 3.8) is 0 Å². The maximum atomic E-state index is 12.2. The van der Waals surface area contributed by atoms with Crippen LogP contribution in [0.4, 0.5) is 4.79 Å². The fourth-order valence-corrected chi connectivity index (χ4v) is 4.93. The van der Waals surface area contributed by atoms with Gasteiger partial charge in [0, 0.05) is 25.1 Å². The Bertz CT molecular complexity index is 713. The monoisotopic (exact) mass is 434 g/mol. The van der Waals surface area contributed by atoms with Crippen molar-refractivity contribution in [2.45, 2.75) is 56.9 Å². The van der Waals surface area contributed by atoms with Crippen molar-refractivity contribution < 1.29 is 23.7 Å². The zero-order valence-corrected chi connectivity index (χ0v) is 19.0. The summed E-state index contributed by atoms with van der Waals surface area (Å²) < 4.78 is 21.2. The van der Waals surface area contributed by atoms with E-state index in [1.165, 1.54) is 36.8 Å². The minimum Gasteiger partial charge on any atom is -0.410 e. The summed E-state index contributed by atoms with van der Waals surface area (Å²) in [6.07, 6.45) is 6.58. The molecule has 1 aromatic rings. The SMILES string of the molecule is COCCOCCOCCNC(=O)Oc1ccc2c(c1)[C@@]1(C)CCCCCC(C2)[C@@H]1N. The van der Waals surface area contributed by atoms with Crippen LogP contribution >= 0.6 is 0 Å². The van der Waals surface area contributed by atoms with Crippen LogP contribution in [-0.2, 0) is 26.0 Å². The maximum absolute atomic E-state index is 12.2. The van der Waals surface area contributed by atoms with Gasteiger partial charge in [-0.1, -0.05) is 32.3 Å². The van der Waals surface area contributed by atoms with Gasteiger partial charge in [0.2, 0.25) is 0 Å². The summed E-state index contributed by atoms with van der Waals surface area (Å²) in [6.45, 7) is 5.18. The lowest BCUT2D eigenvalue weighted by molar-refractivity contribution is 0.0257. The van der Waals surface area contributed by atoms with Crippen LogP contribution in [0, 0.1) is 5.92 Å². The summed E-state index contributed by atoms with van der Waals surface area (Å²) in [4.78, 5) is 12.2. The molecule has 7 nitrogen and oxygen atoms in total. The molecular weight excluding hydrogens is 396 g/mol. The van der Waals surface area contributed by atoms with E-state index in [1.807, 2.05) is 12.1 Å². The van der Waals surface area contributed by atoms with E-state index in [0.717, 1.165) is 12.8 Å². The summed E-state index contributed by atoms with van der Waals surface area (Å²) in [5.74, 6) is 1.11. The van der Waals surface area contributed by atoms with Crippen molar-refractivity contribution in [1.29, 1.82) is 0 Å². The van der Waals surface area contributed by atoms with Crippen LogP contribution < -0.4 is 15.8 Å². The molecule has 2 aliphatic carbocycles. The van der Waals surface area contributed by atoms with Gasteiger partial charge in [-0.25, -0.2) is 4.79 Å². The number of nitrogens with one attached hydrogen (secondary N) is 1. The van der Waals surface area contributed by atoms with Crippen LogP contribution in [-0.4, -0.2) is 58.8 Å². The molecule has 3 N–H and O–H groups in total. The Balaban J connectivity index is 1.48. The van der Waals surface area contributed by atoms with Crippen LogP contribution in [0.25, 0.3) is 0 Å². The van der Waals surface area contributed by atoms with Crippen LogP contribution in [0.2, 0.25) is 0 Å². The molecule has 0 radical (unpaired) electrons. The molecule has 3 atom stereocenters.